The largest absolute Gasteiger partial charge is 0.0922 e. The van der Waals surface area contributed by atoms with E-state index in [1.54, 1.807) is 0 Å². The third-order valence-corrected chi connectivity index (χ3v) is 4.04. The van der Waals surface area contributed by atoms with Crippen molar-refractivity contribution in [3.63, 3.8) is 0 Å². The van der Waals surface area contributed by atoms with E-state index in [4.69, 9.17) is 0 Å². The summed E-state index contributed by atoms with van der Waals surface area (Å²) in [4.78, 5) is 0. The molecule has 0 aromatic carbocycles. The highest BCUT2D eigenvalue weighted by atomic mass is 79.9. The van der Waals surface area contributed by atoms with E-state index in [1.165, 1.54) is 31.0 Å². The second-order valence-electron chi connectivity index (χ2n) is 3.69. The molecule has 0 heterocycles. The Hall–Kier alpha value is 0.480. The van der Waals surface area contributed by atoms with Crippen LogP contribution in [-0.4, -0.2) is 5.33 Å². The molecule has 0 aliphatic heterocycles. The number of hydrogen-bond donors (Lipinski definition) is 0. The van der Waals surface area contributed by atoms with E-state index in [1.807, 2.05) is 0 Å². The van der Waals surface area contributed by atoms with Gasteiger partial charge < -0.3 is 0 Å². The molecule has 0 radical (unpaired) electrons. The summed E-state index contributed by atoms with van der Waals surface area (Å²) in [6.07, 6.45) is 5.67. The van der Waals surface area contributed by atoms with Crippen molar-refractivity contribution in [1.82, 2.24) is 0 Å². The van der Waals surface area contributed by atoms with Gasteiger partial charge in [0.05, 0.1) is 0 Å². The molecule has 1 fully saturated rings. The predicted octanol–water partition coefficient (Wildman–Crippen LogP) is 3.60. The van der Waals surface area contributed by atoms with Gasteiger partial charge in [-0.15, -0.1) is 0 Å². The topological polar surface area (TPSA) is 0 Å². The zero-order valence-corrected chi connectivity index (χ0v) is 8.58. The van der Waals surface area contributed by atoms with Crippen LogP contribution in [-0.2, 0) is 0 Å². The maximum atomic E-state index is 3.60. The van der Waals surface area contributed by atoms with E-state index in [9.17, 15) is 0 Å². The highest BCUT2D eigenvalue weighted by Crippen LogP contribution is 2.54. The molecule has 1 aliphatic carbocycles. The lowest BCUT2D eigenvalue weighted by molar-refractivity contribution is 0.348. The Bertz CT molecular complexity index is 105. The van der Waals surface area contributed by atoms with Crippen LogP contribution < -0.4 is 0 Å². The van der Waals surface area contributed by atoms with Crippen LogP contribution in [0.4, 0.5) is 0 Å². The van der Waals surface area contributed by atoms with Crippen molar-refractivity contribution in [1.29, 1.82) is 0 Å². The zero-order valence-electron chi connectivity index (χ0n) is 6.99. The number of halogens is 1. The van der Waals surface area contributed by atoms with Crippen LogP contribution in [0, 0.1) is 11.3 Å². The molecule has 0 saturated heterocycles. The van der Waals surface area contributed by atoms with Crippen LogP contribution in [0.25, 0.3) is 0 Å². The standard InChI is InChI=1S/C9H17Br/c1-3-4-8(2)9(7-10)5-6-9/h8H,3-7H2,1-2H3. The van der Waals surface area contributed by atoms with Gasteiger partial charge in [-0.3, -0.25) is 0 Å². The predicted molar refractivity (Wildman–Crippen MR) is 49.5 cm³/mol. The molecule has 1 unspecified atom stereocenters. The fourth-order valence-corrected chi connectivity index (χ4v) is 2.77. The smallest absolute Gasteiger partial charge is 0.00905 e. The van der Waals surface area contributed by atoms with Crippen molar-refractivity contribution in [3.8, 4) is 0 Å². The average Bonchev–Trinajstić information content (AvgIpc) is 2.68. The van der Waals surface area contributed by atoms with Crippen LogP contribution in [0.5, 0.6) is 0 Å². The van der Waals surface area contributed by atoms with Crippen LogP contribution >= 0.6 is 15.9 Å². The molecule has 0 amide bonds. The van der Waals surface area contributed by atoms with Gasteiger partial charge in [-0.05, 0) is 24.2 Å². The van der Waals surface area contributed by atoms with E-state index in [2.05, 4.69) is 29.8 Å². The Labute approximate surface area is 72.5 Å². The Morgan fingerprint density at radius 2 is 2.10 bits per heavy atom. The monoisotopic (exact) mass is 204 g/mol. The summed E-state index contributed by atoms with van der Waals surface area (Å²) >= 11 is 3.60. The SMILES string of the molecule is CCCC(C)C1(CBr)CC1. The van der Waals surface area contributed by atoms with Gasteiger partial charge in [0.1, 0.15) is 0 Å². The first kappa shape index (κ1) is 8.58. The van der Waals surface area contributed by atoms with Gasteiger partial charge in [0.15, 0.2) is 0 Å². The van der Waals surface area contributed by atoms with Crippen molar-refractivity contribution >= 4 is 15.9 Å². The second-order valence-corrected chi connectivity index (χ2v) is 4.25. The molecular formula is C9H17Br. The van der Waals surface area contributed by atoms with Crippen molar-refractivity contribution in [2.24, 2.45) is 11.3 Å². The Balaban J connectivity index is 2.32. The Morgan fingerprint density at radius 3 is 2.40 bits per heavy atom. The van der Waals surface area contributed by atoms with Gasteiger partial charge in [-0.25, -0.2) is 0 Å². The first-order chi connectivity index (χ1) is 4.75. The van der Waals surface area contributed by atoms with E-state index >= 15 is 0 Å². The van der Waals surface area contributed by atoms with Gasteiger partial charge in [-0.1, -0.05) is 42.6 Å². The molecule has 1 aliphatic rings. The summed E-state index contributed by atoms with van der Waals surface area (Å²) in [5.74, 6) is 0.942. The van der Waals surface area contributed by atoms with Crippen molar-refractivity contribution in [2.75, 3.05) is 5.33 Å². The van der Waals surface area contributed by atoms with Gasteiger partial charge in [0.25, 0.3) is 0 Å². The summed E-state index contributed by atoms with van der Waals surface area (Å²) in [5.41, 5.74) is 0.718. The molecule has 0 N–H and O–H groups in total. The number of rotatable bonds is 4. The lowest BCUT2D eigenvalue weighted by atomic mass is 9.89. The summed E-state index contributed by atoms with van der Waals surface area (Å²) in [5, 5.41) is 1.22. The first-order valence-corrected chi connectivity index (χ1v) is 5.43. The van der Waals surface area contributed by atoms with Gasteiger partial charge in [-0.2, -0.15) is 0 Å². The lowest BCUT2D eigenvalue weighted by Crippen LogP contribution is -2.13. The normalized spacial score (nSPS) is 24.3. The van der Waals surface area contributed by atoms with Gasteiger partial charge >= 0.3 is 0 Å². The molecule has 1 heteroatoms. The van der Waals surface area contributed by atoms with Crippen molar-refractivity contribution < 1.29 is 0 Å². The summed E-state index contributed by atoms with van der Waals surface area (Å²) in [7, 11) is 0. The van der Waals surface area contributed by atoms with E-state index in [-0.39, 0.29) is 0 Å². The average molecular weight is 205 g/mol. The number of hydrogen-bond acceptors (Lipinski definition) is 0. The molecule has 0 spiro atoms. The second kappa shape index (κ2) is 3.25. The Morgan fingerprint density at radius 1 is 1.50 bits per heavy atom. The third kappa shape index (κ3) is 1.55. The molecule has 0 aromatic heterocycles. The minimum atomic E-state index is 0.718. The fourth-order valence-electron chi connectivity index (χ4n) is 1.66. The van der Waals surface area contributed by atoms with E-state index in [0.29, 0.717) is 0 Å². The minimum Gasteiger partial charge on any atom is -0.0922 e. The van der Waals surface area contributed by atoms with Crippen LogP contribution in [0.2, 0.25) is 0 Å². The quantitative estimate of drug-likeness (QED) is 0.615. The summed E-state index contributed by atoms with van der Waals surface area (Å²) in [6.45, 7) is 4.68. The molecule has 1 saturated carbocycles. The Kier molecular flexibility index (Phi) is 2.79. The highest BCUT2D eigenvalue weighted by Gasteiger charge is 2.45. The van der Waals surface area contributed by atoms with Crippen LogP contribution in [0.3, 0.4) is 0 Å². The molecule has 0 aromatic rings. The van der Waals surface area contributed by atoms with E-state index in [0.717, 1.165) is 11.3 Å². The maximum absolute atomic E-state index is 3.60. The lowest BCUT2D eigenvalue weighted by Gasteiger charge is -2.19. The molecule has 1 rings (SSSR count). The van der Waals surface area contributed by atoms with E-state index < -0.39 is 0 Å². The number of alkyl halides is 1. The van der Waals surface area contributed by atoms with Gasteiger partial charge in [0, 0.05) is 5.33 Å². The molecule has 0 nitrogen and oxygen atoms in total. The molecular weight excluding hydrogens is 188 g/mol. The summed E-state index contributed by atoms with van der Waals surface area (Å²) in [6, 6.07) is 0. The maximum Gasteiger partial charge on any atom is 0.00905 e. The minimum absolute atomic E-state index is 0.718. The van der Waals surface area contributed by atoms with Crippen molar-refractivity contribution in [2.45, 2.75) is 39.5 Å². The zero-order chi connectivity index (χ0) is 7.61. The fraction of sp³-hybridized carbons (Fsp3) is 1.00. The van der Waals surface area contributed by atoms with Crippen LogP contribution in [0.15, 0.2) is 0 Å². The highest BCUT2D eigenvalue weighted by molar-refractivity contribution is 9.09. The molecule has 10 heavy (non-hydrogen) atoms. The molecule has 60 valence electrons. The first-order valence-electron chi connectivity index (χ1n) is 4.31. The molecule has 0 bridgehead atoms. The van der Waals surface area contributed by atoms with Crippen LogP contribution in [0.1, 0.15) is 39.5 Å². The van der Waals surface area contributed by atoms with Gasteiger partial charge in [0.2, 0.25) is 0 Å². The molecule has 1 atom stereocenters. The van der Waals surface area contributed by atoms with Crippen molar-refractivity contribution in [3.05, 3.63) is 0 Å². The summed E-state index contributed by atoms with van der Waals surface area (Å²) < 4.78 is 0. The third-order valence-electron chi connectivity index (χ3n) is 2.93.